The van der Waals surface area contributed by atoms with Gasteiger partial charge in [-0.1, -0.05) is 24.3 Å². The van der Waals surface area contributed by atoms with Gasteiger partial charge in [0.2, 0.25) is 5.91 Å². The monoisotopic (exact) mass is 404 g/mol. The van der Waals surface area contributed by atoms with Crippen molar-refractivity contribution in [3.63, 3.8) is 0 Å². The van der Waals surface area contributed by atoms with Crippen LogP contribution in [-0.4, -0.2) is 18.4 Å². The average Bonchev–Trinajstić information content (AvgIpc) is 2.72. The number of nitrogens with one attached hydrogen (secondary N) is 2. The number of rotatable bonds is 6. The third-order valence-electron chi connectivity index (χ3n) is 7.04. The Morgan fingerprint density at radius 3 is 2.13 bits per heavy atom. The van der Waals surface area contributed by atoms with Gasteiger partial charge in [-0.2, -0.15) is 0 Å². The fourth-order valence-electron chi connectivity index (χ4n) is 6.18. The fourth-order valence-corrected chi connectivity index (χ4v) is 6.18. The summed E-state index contributed by atoms with van der Waals surface area (Å²) in [5.74, 6) is 2.73. The van der Waals surface area contributed by atoms with Crippen LogP contribution >= 0.6 is 0 Å². The van der Waals surface area contributed by atoms with Crippen LogP contribution in [0.25, 0.3) is 0 Å². The smallest absolute Gasteiger partial charge is 0.262 e. The molecule has 0 spiro atoms. The van der Waals surface area contributed by atoms with E-state index in [-0.39, 0.29) is 23.8 Å². The van der Waals surface area contributed by atoms with Gasteiger partial charge in [-0.3, -0.25) is 9.59 Å². The molecule has 30 heavy (non-hydrogen) atoms. The molecule has 6 rings (SSSR count). The lowest BCUT2D eigenvalue weighted by atomic mass is 9.49. The average molecular weight is 405 g/mol. The second-order valence-electron chi connectivity index (χ2n) is 9.38. The molecule has 156 valence electrons. The van der Waals surface area contributed by atoms with Gasteiger partial charge in [0.05, 0.1) is 5.41 Å². The maximum Gasteiger partial charge on any atom is 0.262 e. The van der Waals surface area contributed by atoms with E-state index in [4.69, 9.17) is 4.74 Å². The summed E-state index contributed by atoms with van der Waals surface area (Å²) in [6, 6.07) is 16.6. The molecule has 0 radical (unpaired) electrons. The van der Waals surface area contributed by atoms with Crippen molar-refractivity contribution in [3.05, 3.63) is 54.6 Å². The minimum Gasteiger partial charge on any atom is -0.484 e. The maximum absolute atomic E-state index is 13.2. The molecule has 4 saturated carbocycles. The Bertz CT molecular complexity index is 905. The predicted octanol–water partition coefficient (Wildman–Crippen LogP) is 4.86. The van der Waals surface area contributed by atoms with Crippen LogP contribution in [0.1, 0.15) is 38.5 Å². The highest BCUT2D eigenvalue weighted by Crippen LogP contribution is 2.60. The molecule has 5 heteroatoms. The first-order valence-electron chi connectivity index (χ1n) is 11.0. The van der Waals surface area contributed by atoms with Crippen molar-refractivity contribution in [2.45, 2.75) is 38.5 Å². The molecule has 4 aliphatic rings. The highest BCUT2D eigenvalue weighted by atomic mass is 16.5. The van der Waals surface area contributed by atoms with Crippen LogP contribution in [0.5, 0.6) is 5.75 Å². The van der Waals surface area contributed by atoms with Crippen molar-refractivity contribution in [3.8, 4) is 5.75 Å². The molecular weight excluding hydrogens is 376 g/mol. The molecule has 2 aromatic rings. The van der Waals surface area contributed by atoms with Gasteiger partial charge in [0, 0.05) is 17.4 Å². The number of hydrogen-bond acceptors (Lipinski definition) is 3. The van der Waals surface area contributed by atoms with Crippen molar-refractivity contribution in [1.29, 1.82) is 0 Å². The highest BCUT2D eigenvalue weighted by Gasteiger charge is 2.54. The van der Waals surface area contributed by atoms with Crippen LogP contribution in [0.2, 0.25) is 0 Å². The van der Waals surface area contributed by atoms with E-state index in [1.165, 1.54) is 19.3 Å². The molecular formula is C25H28N2O3. The van der Waals surface area contributed by atoms with Crippen LogP contribution in [0, 0.1) is 23.2 Å². The Morgan fingerprint density at radius 1 is 0.833 bits per heavy atom. The molecule has 5 nitrogen and oxygen atoms in total. The van der Waals surface area contributed by atoms with Gasteiger partial charge in [0.25, 0.3) is 5.91 Å². The lowest BCUT2D eigenvalue weighted by Gasteiger charge is -2.55. The molecule has 0 unspecified atom stereocenters. The quantitative estimate of drug-likeness (QED) is 0.723. The van der Waals surface area contributed by atoms with E-state index in [9.17, 15) is 9.59 Å². The summed E-state index contributed by atoms with van der Waals surface area (Å²) >= 11 is 0. The van der Waals surface area contributed by atoms with Gasteiger partial charge in [0.15, 0.2) is 6.61 Å². The molecule has 0 saturated heterocycles. The normalized spacial score (nSPS) is 28.7. The van der Waals surface area contributed by atoms with Gasteiger partial charge in [-0.15, -0.1) is 0 Å². The summed E-state index contributed by atoms with van der Waals surface area (Å²) in [7, 11) is 0. The van der Waals surface area contributed by atoms with Crippen molar-refractivity contribution in [2.24, 2.45) is 23.2 Å². The van der Waals surface area contributed by atoms with Crippen molar-refractivity contribution >= 4 is 23.2 Å². The van der Waals surface area contributed by atoms with Gasteiger partial charge < -0.3 is 15.4 Å². The second-order valence-corrected chi connectivity index (χ2v) is 9.38. The van der Waals surface area contributed by atoms with Gasteiger partial charge >= 0.3 is 0 Å². The highest BCUT2D eigenvalue weighted by molar-refractivity contribution is 5.96. The summed E-state index contributed by atoms with van der Waals surface area (Å²) in [5, 5.41) is 5.95. The first-order valence-corrected chi connectivity index (χ1v) is 11.0. The Labute approximate surface area is 177 Å². The Balaban J connectivity index is 1.19. The van der Waals surface area contributed by atoms with E-state index in [2.05, 4.69) is 10.6 Å². The number of amides is 2. The summed E-state index contributed by atoms with van der Waals surface area (Å²) in [4.78, 5) is 25.3. The molecule has 0 heterocycles. The van der Waals surface area contributed by atoms with Crippen molar-refractivity contribution < 1.29 is 14.3 Å². The first-order chi connectivity index (χ1) is 14.6. The molecule has 4 bridgehead atoms. The van der Waals surface area contributed by atoms with E-state index in [1.54, 1.807) is 12.1 Å². The van der Waals surface area contributed by atoms with Gasteiger partial charge in [0.1, 0.15) is 5.75 Å². The summed E-state index contributed by atoms with van der Waals surface area (Å²) in [6.07, 6.45) is 7.09. The topological polar surface area (TPSA) is 67.4 Å². The van der Waals surface area contributed by atoms with Crippen LogP contribution in [0.15, 0.2) is 54.6 Å². The summed E-state index contributed by atoms with van der Waals surface area (Å²) in [5.41, 5.74) is 1.29. The predicted molar refractivity (Wildman–Crippen MR) is 116 cm³/mol. The largest absolute Gasteiger partial charge is 0.484 e. The van der Waals surface area contributed by atoms with Crippen LogP contribution in [0.4, 0.5) is 11.4 Å². The lowest BCUT2D eigenvalue weighted by molar-refractivity contribution is -0.140. The van der Waals surface area contributed by atoms with Gasteiger partial charge in [-0.25, -0.2) is 0 Å². The Hall–Kier alpha value is -2.82. The van der Waals surface area contributed by atoms with Crippen molar-refractivity contribution in [2.75, 3.05) is 17.2 Å². The zero-order valence-electron chi connectivity index (χ0n) is 17.1. The van der Waals surface area contributed by atoms with E-state index in [0.717, 1.165) is 48.4 Å². The van der Waals surface area contributed by atoms with Crippen LogP contribution in [0.3, 0.4) is 0 Å². The zero-order valence-corrected chi connectivity index (χ0v) is 17.1. The number of carbonyl (C=O) groups excluding carboxylic acids is 2. The van der Waals surface area contributed by atoms with E-state index < -0.39 is 0 Å². The van der Waals surface area contributed by atoms with Crippen LogP contribution < -0.4 is 15.4 Å². The van der Waals surface area contributed by atoms with Gasteiger partial charge in [-0.05, 0) is 80.5 Å². The Morgan fingerprint density at radius 2 is 1.47 bits per heavy atom. The third-order valence-corrected chi connectivity index (χ3v) is 7.04. The summed E-state index contributed by atoms with van der Waals surface area (Å²) in [6.45, 7) is -0.0821. The van der Waals surface area contributed by atoms with Crippen molar-refractivity contribution in [1.82, 2.24) is 0 Å². The molecule has 2 N–H and O–H groups in total. The fraction of sp³-hybridized carbons (Fsp3) is 0.440. The number of anilines is 2. The SMILES string of the molecule is O=C(COc1cccc(NC(=O)C23CC4CC(CC(C4)C2)C3)c1)Nc1ccccc1. The summed E-state index contributed by atoms with van der Waals surface area (Å²) < 4.78 is 5.65. The zero-order chi connectivity index (χ0) is 20.6. The van der Waals surface area contributed by atoms with Crippen LogP contribution in [-0.2, 0) is 9.59 Å². The number of benzene rings is 2. The standard InChI is InChI=1S/C25H28N2O3/c28-23(26-20-5-2-1-3-6-20)16-30-22-8-4-7-21(12-22)27-24(29)25-13-17-9-18(14-25)11-19(10-17)15-25/h1-8,12,17-19H,9-11,13-16H2,(H,26,28)(H,27,29). The number of para-hydroxylation sites is 1. The minimum atomic E-state index is -0.218. The Kier molecular flexibility index (Phi) is 4.97. The molecule has 2 amide bonds. The number of ether oxygens (including phenoxy) is 1. The molecule has 2 aromatic carbocycles. The van der Waals surface area contributed by atoms with E-state index >= 15 is 0 Å². The number of hydrogen-bond donors (Lipinski definition) is 2. The molecule has 4 fully saturated rings. The minimum absolute atomic E-state index is 0.0821. The molecule has 0 atom stereocenters. The second kappa shape index (κ2) is 7.78. The maximum atomic E-state index is 13.2. The van der Waals surface area contributed by atoms with E-state index in [1.807, 2.05) is 42.5 Å². The first kappa shape index (κ1) is 19.2. The molecule has 0 aliphatic heterocycles. The molecule has 0 aromatic heterocycles. The van der Waals surface area contributed by atoms with E-state index in [0.29, 0.717) is 5.75 Å². The third kappa shape index (κ3) is 3.93. The molecule has 4 aliphatic carbocycles. The number of carbonyl (C=O) groups is 2. The lowest BCUT2D eigenvalue weighted by Crippen LogP contribution is -2.51.